The Kier molecular flexibility index (Phi) is 5.86. The predicted octanol–water partition coefficient (Wildman–Crippen LogP) is 5.18. The van der Waals surface area contributed by atoms with Crippen molar-refractivity contribution in [2.24, 2.45) is 0 Å². The summed E-state index contributed by atoms with van der Waals surface area (Å²) in [6.45, 7) is 6.20. The maximum Gasteiger partial charge on any atom is 0.296 e. The third-order valence-corrected chi connectivity index (χ3v) is 6.53. The number of carbonyl (C=O) groups is 1. The number of anilines is 1. The van der Waals surface area contributed by atoms with Crippen molar-refractivity contribution >= 4 is 39.9 Å². The molecule has 0 saturated heterocycles. The highest BCUT2D eigenvalue weighted by molar-refractivity contribution is 6.31. The van der Waals surface area contributed by atoms with Gasteiger partial charge < -0.3 is 5.32 Å². The Morgan fingerprint density at radius 2 is 1.77 bits per heavy atom. The summed E-state index contributed by atoms with van der Waals surface area (Å²) < 4.78 is 3.08. The molecule has 0 aliphatic heterocycles. The van der Waals surface area contributed by atoms with Crippen LogP contribution in [0.25, 0.3) is 16.7 Å². The van der Waals surface area contributed by atoms with Gasteiger partial charge in [-0.3, -0.25) is 14.2 Å². The molecule has 0 radical (unpaired) electrons. The van der Waals surface area contributed by atoms with Crippen LogP contribution in [0.2, 0.25) is 5.02 Å². The van der Waals surface area contributed by atoms with Gasteiger partial charge in [-0.05, 0) is 60.7 Å². The van der Waals surface area contributed by atoms with Crippen molar-refractivity contribution in [3.8, 4) is 0 Å². The zero-order chi connectivity index (χ0) is 24.7. The fourth-order valence-corrected chi connectivity index (χ4v) is 4.49. The van der Waals surface area contributed by atoms with E-state index < -0.39 is 5.91 Å². The van der Waals surface area contributed by atoms with Crippen LogP contribution in [0.3, 0.4) is 0 Å². The molecule has 0 aliphatic rings. The number of rotatable bonds is 5. The smallest absolute Gasteiger partial charge is 0.296 e. The lowest BCUT2D eigenvalue weighted by molar-refractivity contribution is 0.101. The van der Waals surface area contributed by atoms with E-state index in [1.54, 1.807) is 10.6 Å². The highest BCUT2D eigenvalue weighted by Crippen LogP contribution is 2.23. The highest BCUT2D eigenvalue weighted by Gasteiger charge is 2.21. The Bertz CT molecular complexity index is 1670. The molecule has 5 rings (SSSR count). The first-order valence-electron chi connectivity index (χ1n) is 11.4. The van der Waals surface area contributed by atoms with Crippen LogP contribution in [0.15, 0.2) is 65.5 Å². The molecule has 176 valence electrons. The van der Waals surface area contributed by atoms with E-state index in [-0.39, 0.29) is 23.6 Å². The van der Waals surface area contributed by atoms with Gasteiger partial charge in [0.25, 0.3) is 11.5 Å². The van der Waals surface area contributed by atoms with Crippen molar-refractivity contribution in [1.29, 1.82) is 0 Å². The van der Waals surface area contributed by atoms with E-state index in [1.807, 2.05) is 75.4 Å². The molecule has 1 amide bonds. The third-order valence-electron chi connectivity index (χ3n) is 6.16. The van der Waals surface area contributed by atoms with Gasteiger partial charge in [0.05, 0.1) is 17.6 Å². The van der Waals surface area contributed by atoms with Crippen molar-refractivity contribution in [3.63, 3.8) is 0 Å². The average Bonchev–Trinajstić information content (AvgIpc) is 3.30. The van der Waals surface area contributed by atoms with Crippen LogP contribution in [0.4, 0.5) is 5.69 Å². The van der Waals surface area contributed by atoms with Crippen LogP contribution in [-0.4, -0.2) is 25.1 Å². The summed E-state index contributed by atoms with van der Waals surface area (Å²) >= 11 is 6.39. The number of nitrogens with zero attached hydrogens (tertiary/aromatic N) is 4. The van der Waals surface area contributed by atoms with Gasteiger partial charge >= 0.3 is 0 Å². The topological polar surface area (TPSA) is 81.3 Å². The molecule has 0 spiro atoms. The van der Waals surface area contributed by atoms with Crippen LogP contribution >= 0.6 is 11.6 Å². The van der Waals surface area contributed by atoms with Crippen LogP contribution in [0.5, 0.6) is 0 Å². The van der Waals surface area contributed by atoms with Crippen molar-refractivity contribution in [2.75, 3.05) is 5.32 Å². The molecule has 0 fully saturated rings. The number of fused-ring (bicyclic) bond motifs is 3. The zero-order valence-electron chi connectivity index (χ0n) is 19.7. The number of para-hydroxylation sites is 1. The van der Waals surface area contributed by atoms with Gasteiger partial charge in [0, 0.05) is 10.7 Å². The Labute approximate surface area is 207 Å². The minimum Gasteiger partial charge on any atom is -0.319 e. The van der Waals surface area contributed by atoms with E-state index in [0.29, 0.717) is 16.1 Å². The second-order valence-corrected chi connectivity index (χ2v) is 8.97. The summed E-state index contributed by atoms with van der Waals surface area (Å²) in [6.07, 6.45) is 0.770. The summed E-state index contributed by atoms with van der Waals surface area (Å²) in [6, 6.07) is 19.0. The lowest BCUT2D eigenvalue weighted by Gasteiger charge is -2.13. The second-order valence-electron chi connectivity index (χ2n) is 8.56. The Morgan fingerprint density at radius 1 is 1.00 bits per heavy atom. The van der Waals surface area contributed by atoms with Gasteiger partial charge in [-0.1, -0.05) is 61.0 Å². The molecule has 3 aromatic carbocycles. The van der Waals surface area contributed by atoms with Crippen LogP contribution in [0, 0.1) is 13.8 Å². The summed E-state index contributed by atoms with van der Waals surface area (Å²) in [5.74, 6) is -0.528. The molecule has 0 atom stereocenters. The van der Waals surface area contributed by atoms with Gasteiger partial charge in [0.1, 0.15) is 0 Å². The third kappa shape index (κ3) is 4.08. The number of halogens is 1. The number of hydrogen-bond acceptors (Lipinski definition) is 4. The van der Waals surface area contributed by atoms with E-state index in [2.05, 4.69) is 15.4 Å². The first-order valence-corrected chi connectivity index (χ1v) is 11.8. The van der Waals surface area contributed by atoms with Crippen molar-refractivity contribution in [3.05, 3.63) is 104 Å². The fraction of sp³-hybridized carbons (Fsp3) is 0.185. The number of amides is 1. The van der Waals surface area contributed by atoms with Gasteiger partial charge in [-0.2, -0.15) is 4.98 Å². The van der Waals surface area contributed by atoms with Crippen LogP contribution in [-0.2, 0) is 13.0 Å². The molecule has 0 unspecified atom stereocenters. The number of aromatic nitrogens is 4. The van der Waals surface area contributed by atoms with E-state index >= 15 is 0 Å². The van der Waals surface area contributed by atoms with Gasteiger partial charge in [-0.15, -0.1) is 5.10 Å². The zero-order valence-corrected chi connectivity index (χ0v) is 20.4. The fourth-order valence-electron chi connectivity index (χ4n) is 4.30. The highest BCUT2D eigenvalue weighted by atomic mass is 35.5. The molecule has 2 aromatic heterocycles. The minimum absolute atomic E-state index is 0.0650. The number of nitrogens with one attached hydrogen (secondary N) is 1. The number of aryl methyl sites for hydroxylation is 3. The normalized spacial score (nSPS) is 11.3. The minimum atomic E-state index is -0.463. The van der Waals surface area contributed by atoms with Gasteiger partial charge in [-0.25, -0.2) is 4.52 Å². The van der Waals surface area contributed by atoms with Crippen LogP contribution in [0.1, 0.15) is 39.8 Å². The van der Waals surface area contributed by atoms with Gasteiger partial charge in [0.2, 0.25) is 11.5 Å². The molecule has 5 aromatic rings. The molecule has 0 saturated carbocycles. The maximum absolute atomic E-state index is 13.6. The molecule has 7 nitrogen and oxygen atoms in total. The van der Waals surface area contributed by atoms with E-state index in [1.165, 1.54) is 4.52 Å². The van der Waals surface area contributed by atoms with Crippen molar-refractivity contribution in [1.82, 2.24) is 19.2 Å². The lowest BCUT2D eigenvalue weighted by atomic mass is 10.1. The van der Waals surface area contributed by atoms with E-state index in [0.717, 1.165) is 34.4 Å². The number of carbonyl (C=O) groups excluding carboxylic acids is 1. The number of hydrogen-bond donors (Lipinski definition) is 1. The molecular weight excluding hydrogens is 462 g/mol. The van der Waals surface area contributed by atoms with E-state index in [4.69, 9.17) is 11.6 Å². The molecule has 2 heterocycles. The Hall–Kier alpha value is -3.97. The first kappa shape index (κ1) is 22.8. The standard InChI is InChI=1S/C27H24ClN5O2/c1-4-18-10-7-8-17(3)23(18)29-26(34)24-30-25-27(35)32(15-19-9-5-6-11-20(19)28)22-14-16(2)12-13-21(22)33(25)31-24/h5-14H,4,15H2,1-3H3,(H,29,34). The average molecular weight is 486 g/mol. The van der Waals surface area contributed by atoms with Gasteiger partial charge in [0.15, 0.2) is 0 Å². The molecular formula is C27H24ClN5O2. The molecule has 1 N–H and O–H groups in total. The van der Waals surface area contributed by atoms with Crippen LogP contribution < -0.4 is 10.9 Å². The van der Waals surface area contributed by atoms with Crippen molar-refractivity contribution in [2.45, 2.75) is 33.7 Å². The number of benzene rings is 3. The second kappa shape index (κ2) is 9.00. The maximum atomic E-state index is 13.6. The molecule has 0 aliphatic carbocycles. The summed E-state index contributed by atoms with van der Waals surface area (Å²) in [5.41, 5.74) is 5.62. The Balaban J connectivity index is 1.66. The lowest BCUT2D eigenvalue weighted by Crippen LogP contribution is -2.24. The SMILES string of the molecule is CCc1cccc(C)c1NC(=O)c1nc2c(=O)n(Cc3ccccc3Cl)c3cc(C)ccc3n2n1. The molecule has 35 heavy (non-hydrogen) atoms. The molecule has 0 bridgehead atoms. The monoisotopic (exact) mass is 485 g/mol. The molecule has 8 heteroatoms. The summed E-state index contributed by atoms with van der Waals surface area (Å²) in [5, 5.41) is 7.95. The Morgan fingerprint density at radius 3 is 2.54 bits per heavy atom. The first-order chi connectivity index (χ1) is 16.9. The van der Waals surface area contributed by atoms with Crippen molar-refractivity contribution < 1.29 is 4.79 Å². The predicted molar refractivity (Wildman–Crippen MR) is 139 cm³/mol. The summed E-state index contributed by atoms with van der Waals surface area (Å²) in [4.78, 5) is 31.1. The van der Waals surface area contributed by atoms with E-state index in [9.17, 15) is 9.59 Å². The quantitative estimate of drug-likeness (QED) is 0.372. The largest absolute Gasteiger partial charge is 0.319 e. The summed E-state index contributed by atoms with van der Waals surface area (Å²) in [7, 11) is 0.